The van der Waals surface area contributed by atoms with Crippen molar-refractivity contribution in [1.29, 1.82) is 0 Å². The molecule has 4 aromatic carbocycles. The number of phenols is 1. The molecule has 170 valence electrons. The standard InChI is InChI=1S/C27H26O6/c28-26-22-8-4-5-9-23(22)27(31-15-14-29-12-13-30-17-21-18-32-21)24-11-10-20(16-25(24)26)33-19-6-2-1-3-7-19/h1-11,16,21,28H,12-15,17-18H2. The summed E-state index contributed by atoms with van der Waals surface area (Å²) >= 11 is 0. The Balaban J connectivity index is 1.32. The largest absolute Gasteiger partial charge is 0.507 e. The molecule has 33 heavy (non-hydrogen) atoms. The van der Waals surface area contributed by atoms with E-state index in [0.717, 1.165) is 34.3 Å². The van der Waals surface area contributed by atoms with Gasteiger partial charge in [0.25, 0.3) is 0 Å². The van der Waals surface area contributed by atoms with Crippen molar-refractivity contribution in [2.45, 2.75) is 6.10 Å². The third-order valence-corrected chi connectivity index (χ3v) is 5.45. The number of hydrogen-bond acceptors (Lipinski definition) is 6. The van der Waals surface area contributed by atoms with Crippen LogP contribution >= 0.6 is 0 Å². The molecule has 0 bridgehead atoms. The molecule has 1 N–H and O–H groups in total. The first-order chi connectivity index (χ1) is 16.3. The molecule has 1 aliphatic heterocycles. The van der Waals surface area contributed by atoms with Crippen LogP contribution in [0, 0.1) is 0 Å². The van der Waals surface area contributed by atoms with Gasteiger partial charge in [0.2, 0.25) is 0 Å². The molecule has 0 aliphatic carbocycles. The van der Waals surface area contributed by atoms with Gasteiger partial charge in [-0.15, -0.1) is 0 Å². The summed E-state index contributed by atoms with van der Waals surface area (Å²) in [4.78, 5) is 0. The number of para-hydroxylation sites is 1. The molecule has 0 amide bonds. The van der Waals surface area contributed by atoms with Crippen LogP contribution in [0.4, 0.5) is 0 Å². The third-order valence-electron chi connectivity index (χ3n) is 5.45. The van der Waals surface area contributed by atoms with Crippen LogP contribution in [-0.2, 0) is 14.2 Å². The minimum atomic E-state index is 0.208. The quantitative estimate of drug-likeness (QED) is 0.192. The maximum absolute atomic E-state index is 11.0. The molecule has 5 rings (SSSR count). The summed E-state index contributed by atoms with van der Waals surface area (Å²) in [6, 6.07) is 22.9. The molecule has 1 unspecified atom stereocenters. The van der Waals surface area contributed by atoms with Gasteiger partial charge in [0.1, 0.15) is 35.7 Å². The molecular weight excluding hydrogens is 420 g/mol. The van der Waals surface area contributed by atoms with Gasteiger partial charge in [-0.3, -0.25) is 0 Å². The predicted molar refractivity (Wildman–Crippen MR) is 127 cm³/mol. The summed E-state index contributed by atoms with van der Waals surface area (Å²) < 4.78 is 28.3. The SMILES string of the molecule is Oc1c2ccccc2c(OCCOCCOCC2CO2)c2ccc(Oc3ccccc3)cc12. The average molecular weight is 446 g/mol. The molecule has 6 heteroatoms. The van der Waals surface area contributed by atoms with Crippen molar-refractivity contribution in [3.63, 3.8) is 0 Å². The molecule has 6 nitrogen and oxygen atoms in total. The van der Waals surface area contributed by atoms with Crippen molar-refractivity contribution in [3.05, 3.63) is 72.8 Å². The van der Waals surface area contributed by atoms with E-state index in [1.807, 2.05) is 72.8 Å². The Morgan fingerprint density at radius 1 is 0.727 bits per heavy atom. The maximum Gasteiger partial charge on any atom is 0.135 e. The first-order valence-electron chi connectivity index (χ1n) is 11.1. The third kappa shape index (κ3) is 5.20. The predicted octanol–water partition coefficient (Wildman–Crippen LogP) is 5.30. The summed E-state index contributed by atoms with van der Waals surface area (Å²) in [7, 11) is 0. The smallest absolute Gasteiger partial charge is 0.135 e. The van der Waals surface area contributed by atoms with Crippen LogP contribution in [0.25, 0.3) is 21.5 Å². The Kier molecular flexibility index (Phi) is 6.58. The molecule has 0 radical (unpaired) electrons. The van der Waals surface area contributed by atoms with Gasteiger partial charge in [-0.2, -0.15) is 0 Å². The first kappa shape index (κ1) is 21.5. The second-order valence-corrected chi connectivity index (χ2v) is 7.84. The van der Waals surface area contributed by atoms with Crippen LogP contribution in [0.2, 0.25) is 0 Å². The molecule has 4 aromatic rings. The average Bonchev–Trinajstić information content (AvgIpc) is 3.68. The number of rotatable bonds is 11. The topological polar surface area (TPSA) is 69.7 Å². The zero-order valence-corrected chi connectivity index (χ0v) is 18.2. The van der Waals surface area contributed by atoms with Crippen molar-refractivity contribution in [2.24, 2.45) is 0 Å². The van der Waals surface area contributed by atoms with E-state index in [1.54, 1.807) is 0 Å². The van der Waals surface area contributed by atoms with Gasteiger partial charge in [0.05, 0.1) is 33.0 Å². The fourth-order valence-corrected chi connectivity index (χ4v) is 3.74. The maximum atomic E-state index is 11.0. The van der Waals surface area contributed by atoms with Crippen LogP contribution in [0.5, 0.6) is 23.0 Å². The second kappa shape index (κ2) is 10.1. The highest BCUT2D eigenvalue weighted by Crippen LogP contribution is 2.43. The number of benzene rings is 4. The van der Waals surface area contributed by atoms with E-state index in [4.69, 9.17) is 23.7 Å². The van der Waals surface area contributed by atoms with Gasteiger partial charge >= 0.3 is 0 Å². The molecule has 0 aromatic heterocycles. The highest BCUT2D eigenvalue weighted by molar-refractivity contribution is 6.11. The van der Waals surface area contributed by atoms with Crippen molar-refractivity contribution < 1.29 is 28.8 Å². The Morgan fingerprint density at radius 3 is 2.24 bits per heavy atom. The van der Waals surface area contributed by atoms with Gasteiger partial charge in [-0.25, -0.2) is 0 Å². The van der Waals surface area contributed by atoms with Crippen molar-refractivity contribution in [1.82, 2.24) is 0 Å². The molecule has 1 fully saturated rings. The van der Waals surface area contributed by atoms with Crippen LogP contribution in [0.3, 0.4) is 0 Å². The highest BCUT2D eigenvalue weighted by Gasteiger charge is 2.22. The van der Waals surface area contributed by atoms with Crippen molar-refractivity contribution in [3.8, 4) is 23.0 Å². The van der Waals surface area contributed by atoms with E-state index in [1.165, 1.54) is 0 Å². The van der Waals surface area contributed by atoms with Gasteiger partial charge in [-0.05, 0) is 30.3 Å². The van der Waals surface area contributed by atoms with E-state index >= 15 is 0 Å². The van der Waals surface area contributed by atoms with Gasteiger partial charge in [0, 0.05) is 21.5 Å². The first-order valence-corrected chi connectivity index (χ1v) is 11.1. The summed E-state index contributed by atoms with van der Waals surface area (Å²) in [5.41, 5.74) is 0. The van der Waals surface area contributed by atoms with E-state index < -0.39 is 0 Å². The van der Waals surface area contributed by atoms with Crippen LogP contribution in [0.1, 0.15) is 0 Å². The van der Waals surface area contributed by atoms with E-state index in [-0.39, 0.29) is 11.9 Å². The lowest BCUT2D eigenvalue weighted by Crippen LogP contribution is -2.12. The number of epoxide rings is 1. The molecule has 0 spiro atoms. The summed E-state index contributed by atoms with van der Waals surface area (Å²) in [5.74, 6) is 2.31. The Hall–Kier alpha value is -3.32. The van der Waals surface area contributed by atoms with Crippen molar-refractivity contribution >= 4 is 21.5 Å². The molecule has 1 heterocycles. The van der Waals surface area contributed by atoms with Crippen molar-refractivity contribution in [2.75, 3.05) is 39.6 Å². The van der Waals surface area contributed by atoms with Crippen LogP contribution in [-0.4, -0.2) is 50.9 Å². The highest BCUT2D eigenvalue weighted by atomic mass is 16.6. The zero-order chi connectivity index (χ0) is 22.5. The van der Waals surface area contributed by atoms with Crippen LogP contribution in [0.15, 0.2) is 72.8 Å². The number of ether oxygens (including phenoxy) is 5. The summed E-state index contributed by atoms with van der Waals surface area (Å²) in [5, 5.41) is 14.1. The fourth-order valence-electron chi connectivity index (χ4n) is 3.74. The van der Waals surface area contributed by atoms with Gasteiger partial charge in [0.15, 0.2) is 0 Å². The lowest BCUT2D eigenvalue weighted by molar-refractivity contribution is 0.0320. The van der Waals surface area contributed by atoms with E-state index in [2.05, 4.69) is 0 Å². The number of hydrogen-bond donors (Lipinski definition) is 1. The molecular formula is C27H26O6. The van der Waals surface area contributed by atoms with E-state index in [0.29, 0.717) is 44.2 Å². The minimum absolute atomic E-state index is 0.208. The number of fused-ring (bicyclic) bond motifs is 2. The Labute approximate surface area is 192 Å². The van der Waals surface area contributed by atoms with Crippen LogP contribution < -0.4 is 9.47 Å². The molecule has 1 aliphatic rings. The lowest BCUT2D eigenvalue weighted by Gasteiger charge is -2.16. The Bertz CT molecular complexity index is 1220. The number of aromatic hydroxyl groups is 1. The molecule has 0 saturated carbocycles. The Morgan fingerprint density at radius 2 is 1.42 bits per heavy atom. The summed E-state index contributed by atoms with van der Waals surface area (Å²) in [6.45, 7) is 3.29. The summed E-state index contributed by atoms with van der Waals surface area (Å²) in [6.07, 6.45) is 0.267. The zero-order valence-electron chi connectivity index (χ0n) is 18.2. The fraction of sp³-hybridized carbons (Fsp3) is 0.259. The normalized spacial score (nSPS) is 15.1. The van der Waals surface area contributed by atoms with Gasteiger partial charge in [-0.1, -0.05) is 42.5 Å². The van der Waals surface area contributed by atoms with Gasteiger partial charge < -0.3 is 28.8 Å². The molecule has 1 saturated heterocycles. The number of phenolic OH excluding ortho intramolecular Hbond substituents is 1. The minimum Gasteiger partial charge on any atom is -0.507 e. The second-order valence-electron chi connectivity index (χ2n) is 7.84. The monoisotopic (exact) mass is 446 g/mol. The lowest BCUT2D eigenvalue weighted by atomic mass is 10.0. The van der Waals surface area contributed by atoms with E-state index in [9.17, 15) is 5.11 Å². The molecule has 1 atom stereocenters.